The summed E-state index contributed by atoms with van der Waals surface area (Å²) in [6.07, 6.45) is 4.22. The fraction of sp³-hybridized carbons (Fsp3) is 0.200. The minimum atomic E-state index is -0.905. The van der Waals surface area contributed by atoms with E-state index in [1.54, 1.807) is 13.0 Å². The Morgan fingerprint density at radius 2 is 2.43 bits per heavy atom. The molecule has 0 saturated heterocycles. The van der Waals surface area contributed by atoms with Gasteiger partial charge in [-0.15, -0.1) is 0 Å². The van der Waals surface area contributed by atoms with E-state index in [-0.39, 0.29) is 0 Å². The molecule has 0 aromatic rings. The van der Waals surface area contributed by atoms with Gasteiger partial charge >= 0.3 is 5.97 Å². The van der Waals surface area contributed by atoms with Crippen molar-refractivity contribution < 1.29 is 9.90 Å². The molecule has 0 aliphatic rings. The Kier molecular flexibility index (Phi) is 2.85. The van der Waals surface area contributed by atoms with E-state index in [9.17, 15) is 4.79 Å². The summed E-state index contributed by atoms with van der Waals surface area (Å²) in [6, 6.07) is 0. The third-order valence-electron chi connectivity index (χ3n) is 0.431. The molecule has 0 radical (unpaired) electrons. The average Bonchev–Trinajstić information content (AvgIpc) is 1.61. The fourth-order valence-corrected chi connectivity index (χ4v) is 0.179. The Morgan fingerprint density at radius 1 is 1.86 bits per heavy atom. The van der Waals surface area contributed by atoms with Crippen LogP contribution < -0.4 is 0 Å². The molecule has 38 valence electrons. The van der Waals surface area contributed by atoms with Crippen LogP contribution >= 0.6 is 0 Å². The maximum absolute atomic E-state index is 9.65. The van der Waals surface area contributed by atoms with E-state index < -0.39 is 5.97 Å². The van der Waals surface area contributed by atoms with Gasteiger partial charge in [0.05, 0.1) is 0 Å². The SMILES string of the molecule is CC=C[CH+]C(=O)O. The molecule has 0 aromatic heterocycles. The van der Waals surface area contributed by atoms with Gasteiger partial charge < -0.3 is 5.11 Å². The van der Waals surface area contributed by atoms with Crippen molar-refractivity contribution >= 4 is 5.97 Å². The monoisotopic (exact) mass is 99.0 g/mol. The first-order valence-corrected chi connectivity index (χ1v) is 1.96. The summed E-state index contributed by atoms with van der Waals surface area (Å²) in [5.74, 6) is -0.905. The normalized spacial score (nSPS) is 9.29. The first kappa shape index (κ1) is 6.08. The molecule has 0 atom stereocenters. The van der Waals surface area contributed by atoms with Crippen LogP contribution in [0.3, 0.4) is 0 Å². The Morgan fingerprint density at radius 3 is 2.57 bits per heavy atom. The largest absolute Gasteiger partial charge is 0.463 e. The number of aliphatic carboxylic acids is 1. The highest BCUT2D eigenvalue weighted by Crippen LogP contribution is 1.77. The summed E-state index contributed by atoms with van der Waals surface area (Å²) < 4.78 is 0. The van der Waals surface area contributed by atoms with Crippen LogP contribution in [0, 0.1) is 6.42 Å². The van der Waals surface area contributed by atoms with Gasteiger partial charge in [-0.2, -0.15) is 0 Å². The molecular formula is C5H7O2+. The van der Waals surface area contributed by atoms with E-state index in [0.717, 1.165) is 6.42 Å². The lowest BCUT2D eigenvalue weighted by Gasteiger charge is -1.68. The van der Waals surface area contributed by atoms with Gasteiger partial charge in [0.1, 0.15) is 6.08 Å². The van der Waals surface area contributed by atoms with Gasteiger partial charge in [0.25, 0.3) is 0 Å². The third-order valence-corrected chi connectivity index (χ3v) is 0.431. The summed E-state index contributed by atoms with van der Waals surface area (Å²) in [4.78, 5) is 9.65. The lowest BCUT2D eigenvalue weighted by Crippen LogP contribution is -1.90. The molecule has 7 heavy (non-hydrogen) atoms. The van der Waals surface area contributed by atoms with Crippen LogP contribution in [0.1, 0.15) is 6.92 Å². The van der Waals surface area contributed by atoms with Crippen molar-refractivity contribution in [3.05, 3.63) is 18.6 Å². The highest BCUT2D eigenvalue weighted by atomic mass is 16.4. The van der Waals surface area contributed by atoms with Gasteiger partial charge in [0, 0.05) is 13.0 Å². The van der Waals surface area contributed by atoms with Gasteiger partial charge in [0.15, 0.2) is 6.42 Å². The van der Waals surface area contributed by atoms with Crippen molar-refractivity contribution in [3.63, 3.8) is 0 Å². The molecular weight excluding hydrogens is 92.1 g/mol. The number of carbonyl (C=O) groups is 1. The quantitative estimate of drug-likeness (QED) is 0.521. The minimum absolute atomic E-state index is 0.905. The molecule has 0 aliphatic carbocycles. The Labute approximate surface area is 42.5 Å². The van der Waals surface area contributed by atoms with Crippen molar-refractivity contribution in [1.29, 1.82) is 0 Å². The predicted octanol–water partition coefficient (Wildman–Crippen LogP) is 0.851. The molecule has 0 saturated carbocycles. The molecule has 0 rings (SSSR count). The van der Waals surface area contributed by atoms with Crippen LogP contribution in [-0.2, 0) is 4.79 Å². The van der Waals surface area contributed by atoms with Gasteiger partial charge in [-0.25, -0.2) is 4.79 Å². The van der Waals surface area contributed by atoms with Gasteiger partial charge in [-0.3, -0.25) is 0 Å². The smallest absolute Gasteiger partial charge is 0.413 e. The molecule has 0 spiro atoms. The van der Waals surface area contributed by atoms with Crippen LogP contribution in [0.25, 0.3) is 0 Å². The molecule has 0 amide bonds. The topological polar surface area (TPSA) is 37.3 Å². The average molecular weight is 99.1 g/mol. The summed E-state index contributed by atoms with van der Waals surface area (Å²) in [5.41, 5.74) is 0. The van der Waals surface area contributed by atoms with Crippen LogP contribution in [0.5, 0.6) is 0 Å². The van der Waals surface area contributed by atoms with Crippen molar-refractivity contribution in [1.82, 2.24) is 0 Å². The number of hydrogen-bond donors (Lipinski definition) is 1. The number of carboxylic acid groups (broad SMARTS) is 1. The molecule has 1 N–H and O–H groups in total. The molecule has 0 aliphatic heterocycles. The summed E-state index contributed by atoms with van der Waals surface area (Å²) in [7, 11) is 0. The molecule has 2 nitrogen and oxygen atoms in total. The van der Waals surface area contributed by atoms with E-state index in [4.69, 9.17) is 5.11 Å². The van der Waals surface area contributed by atoms with Crippen LogP contribution in [0.15, 0.2) is 12.2 Å². The van der Waals surface area contributed by atoms with Crippen LogP contribution in [0.2, 0.25) is 0 Å². The zero-order valence-electron chi connectivity index (χ0n) is 4.09. The van der Waals surface area contributed by atoms with Gasteiger partial charge in [0.2, 0.25) is 0 Å². The number of hydrogen-bond acceptors (Lipinski definition) is 1. The van der Waals surface area contributed by atoms with E-state index in [0.29, 0.717) is 0 Å². The molecule has 2 heteroatoms. The summed E-state index contributed by atoms with van der Waals surface area (Å²) >= 11 is 0. The Hall–Kier alpha value is -0.920. The Bertz CT molecular complexity index is 84.1. The van der Waals surface area contributed by atoms with E-state index in [2.05, 4.69) is 0 Å². The summed E-state index contributed by atoms with van der Waals surface area (Å²) in [6.45, 7) is 1.76. The predicted molar refractivity (Wildman–Crippen MR) is 26.7 cm³/mol. The first-order valence-electron chi connectivity index (χ1n) is 1.96. The maximum atomic E-state index is 9.65. The van der Waals surface area contributed by atoms with Crippen molar-refractivity contribution in [2.24, 2.45) is 0 Å². The Balaban J connectivity index is 3.14. The molecule has 0 fully saturated rings. The zero-order valence-corrected chi connectivity index (χ0v) is 4.09. The molecule has 0 unspecified atom stereocenters. The second kappa shape index (κ2) is 3.28. The van der Waals surface area contributed by atoms with Crippen LogP contribution in [0.4, 0.5) is 0 Å². The van der Waals surface area contributed by atoms with E-state index in [1.807, 2.05) is 0 Å². The first-order chi connectivity index (χ1) is 3.27. The van der Waals surface area contributed by atoms with Gasteiger partial charge in [-0.05, 0) is 0 Å². The number of carboxylic acids is 1. The van der Waals surface area contributed by atoms with Crippen molar-refractivity contribution in [3.8, 4) is 0 Å². The number of rotatable bonds is 2. The lowest BCUT2D eigenvalue weighted by molar-refractivity contribution is -0.132. The standard InChI is InChI=1S/C5H6O2/c1-2-3-4-5(6)7/h2-4H,1H3/p+1. The third kappa shape index (κ3) is 5.08. The lowest BCUT2D eigenvalue weighted by atomic mass is 10.4. The fourth-order valence-electron chi connectivity index (χ4n) is 0.179. The minimum Gasteiger partial charge on any atom is -0.463 e. The summed E-state index contributed by atoms with van der Waals surface area (Å²) in [5, 5.41) is 7.94. The zero-order chi connectivity index (χ0) is 5.70. The van der Waals surface area contributed by atoms with E-state index >= 15 is 0 Å². The second-order valence-electron chi connectivity index (χ2n) is 1.03. The second-order valence-corrected chi connectivity index (χ2v) is 1.03. The molecule has 0 heterocycles. The van der Waals surface area contributed by atoms with Crippen molar-refractivity contribution in [2.75, 3.05) is 0 Å². The molecule has 0 bridgehead atoms. The van der Waals surface area contributed by atoms with Crippen molar-refractivity contribution in [2.45, 2.75) is 6.92 Å². The van der Waals surface area contributed by atoms with E-state index in [1.165, 1.54) is 6.08 Å². The maximum Gasteiger partial charge on any atom is 0.413 e. The van der Waals surface area contributed by atoms with Crippen LogP contribution in [-0.4, -0.2) is 11.1 Å². The highest BCUT2D eigenvalue weighted by Gasteiger charge is 1.95. The molecule has 0 aromatic carbocycles. The highest BCUT2D eigenvalue weighted by molar-refractivity contribution is 5.79. The van der Waals surface area contributed by atoms with Gasteiger partial charge in [-0.1, -0.05) is 0 Å². The number of allylic oxidation sites excluding steroid dienone is 1.